The highest BCUT2D eigenvalue weighted by Crippen LogP contribution is 2.27. The van der Waals surface area contributed by atoms with E-state index in [1.165, 1.54) is 23.1 Å². The van der Waals surface area contributed by atoms with Gasteiger partial charge in [0.2, 0.25) is 11.8 Å². The Kier molecular flexibility index (Phi) is 11.9. The van der Waals surface area contributed by atoms with E-state index in [1.54, 1.807) is 42.5 Å². The molecule has 1 N–H and O–H groups in total. The number of anilines is 1. The van der Waals surface area contributed by atoms with Crippen LogP contribution in [0.15, 0.2) is 108 Å². The van der Waals surface area contributed by atoms with E-state index in [-0.39, 0.29) is 35.3 Å². The first kappa shape index (κ1) is 35.4. The first-order valence-corrected chi connectivity index (χ1v) is 17.3. The molecule has 1 unspecified atom stereocenters. The minimum Gasteiger partial charge on any atom is -0.354 e. The number of nitrogens with one attached hydrogen (secondary N) is 1. The Hall–Kier alpha value is -4.50. The molecule has 0 saturated heterocycles. The Balaban J connectivity index is 1.81. The number of carbonyl (C=O) groups is 2. The quantitative estimate of drug-likeness (QED) is 0.161. The van der Waals surface area contributed by atoms with Gasteiger partial charge in [0.1, 0.15) is 18.4 Å². The molecule has 0 aromatic heterocycles. The largest absolute Gasteiger partial charge is 0.354 e. The minimum atomic E-state index is -4.23. The average molecular weight is 658 g/mol. The van der Waals surface area contributed by atoms with E-state index in [2.05, 4.69) is 5.32 Å². The van der Waals surface area contributed by atoms with Gasteiger partial charge in [-0.25, -0.2) is 12.8 Å². The summed E-state index contributed by atoms with van der Waals surface area (Å²) >= 11 is 0. The van der Waals surface area contributed by atoms with Crippen LogP contribution in [0.2, 0.25) is 0 Å². The molecule has 1 atom stereocenters. The van der Waals surface area contributed by atoms with Crippen LogP contribution in [0.3, 0.4) is 0 Å². The van der Waals surface area contributed by atoms with Crippen molar-refractivity contribution in [1.29, 1.82) is 0 Å². The van der Waals surface area contributed by atoms with Gasteiger partial charge in [0.25, 0.3) is 10.0 Å². The van der Waals surface area contributed by atoms with Crippen LogP contribution >= 0.6 is 0 Å². The number of halogens is 1. The highest BCUT2D eigenvalue weighted by molar-refractivity contribution is 7.92. The fourth-order valence-corrected chi connectivity index (χ4v) is 6.59. The molecule has 0 aliphatic rings. The molecule has 47 heavy (non-hydrogen) atoms. The molecule has 7 nitrogen and oxygen atoms in total. The Morgan fingerprint density at radius 3 is 2.02 bits per heavy atom. The Morgan fingerprint density at radius 1 is 0.809 bits per heavy atom. The topological polar surface area (TPSA) is 86.8 Å². The SMILES string of the molecule is Cc1ccc(S(=O)(=O)N(CC(=O)N(Cc2ccccc2F)C(Cc2ccccc2)C(=O)NCC(C)C)c2ccc(C(C)C)cc2)cc1. The first-order valence-electron chi connectivity index (χ1n) is 15.9. The minimum absolute atomic E-state index is 0.0278. The highest BCUT2D eigenvalue weighted by atomic mass is 32.2. The fraction of sp³-hybridized carbons (Fsp3) is 0.316. The molecule has 4 rings (SSSR count). The summed E-state index contributed by atoms with van der Waals surface area (Å²) in [6, 6.07) is 27.8. The predicted octanol–water partition coefficient (Wildman–Crippen LogP) is 6.87. The maximum atomic E-state index is 15.1. The monoisotopic (exact) mass is 657 g/mol. The Bertz CT molecular complexity index is 1740. The number of rotatable bonds is 14. The Labute approximate surface area is 278 Å². The number of amides is 2. The average Bonchev–Trinajstić information content (AvgIpc) is 3.05. The molecule has 0 saturated carbocycles. The summed E-state index contributed by atoms with van der Waals surface area (Å²) in [6.45, 7) is 9.41. The van der Waals surface area contributed by atoms with Gasteiger partial charge in [0, 0.05) is 25.1 Å². The smallest absolute Gasteiger partial charge is 0.264 e. The molecule has 0 radical (unpaired) electrons. The number of nitrogens with zero attached hydrogens (tertiary/aromatic N) is 2. The maximum Gasteiger partial charge on any atom is 0.264 e. The van der Waals surface area contributed by atoms with Crippen LogP contribution in [0.25, 0.3) is 0 Å². The molecule has 0 aliphatic heterocycles. The fourth-order valence-electron chi connectivity index (χ4n) is 5.18. The van der Waals surface area contributed by atoms with Gasteiger partial charge in [0.15, 0.2) is 0 Å². The number of aryl methyl sites for hydroxylation is 1. The van der Waals surface area contributed by atoms with E-state index in [0.717, 1.165) is 21.0 Å². The summed E-state index contributed by atoms with van der Waals surface area (Å²) in [6.07, 6.45) is 0.152. The highest BCUT2D eigenvalue weighted by Gasteiger charge is 2.35. The van der Waals surface area contributed by atoms with E-state index < -0.39 is 40.2 Å². The van der Waals surface area contributed by atoms with Gasteiger partial charge in [0.05, 0.1) is 10.6 Å². The first-order chi connectivity index (χ1) is 22.4. The third-order valence-corrected chi connectivity index (χ3v) is 9.78. The summed E-state index contributed by atoms with van der Waals surface area (Å²) in [5.74, 6) is -1.21. The van der Waals surface area contributed by atoms with Gasteiger partial charge >= 0.3 is 0 Å². The third-order valence-electron chi connectivity index (χ3n) is 7.99. The van der Waals surface area contributed by atoms with Gasteiger partial charge in [-0.3, -0.25) is 13.9 Å². The van der Waals surface area contributed by atoms with Crippen molar-refractivity contribution in [3.63, 3.8) is 0 Å². The van der Waals surface area contributed by atoms with E-state index in [1.807, 2.05) is 77.1 Å². The second kappa shape index (κ2) is 15.9. The van der Waals surface area contributed by atoms with E-state index >= 15 is 4.39 Å². The number of carbonyl (C=O) groups excluding carboxylic acids is 2. The molecule has 0 fully saturated rings. The molecule has 0 aliphatic carbocycles. The van der Waals surface area contributed by atoms with Crippen LogP contribution < -0.4 is 9.62 Å². The van der Waals surface area contributed by atoms with Crippen molar-refractivity contribution < 1.29 is 22.4 Å². The second-order valence-electron chi connectivity index (χ2n) is 12.5. The van der Waals surface area contributed by atoms with E-state index in [9.17, 15) is 18.0 Å². The lowest BCUT2D eigenvalue weighted by Gasteiger charge is -2.34. The zero-order valence-corrected chi connectivity index (χ0v) is 28.5. The lowest BCUT2D eigenvalue weighted by atomic mass is 10.0. The molecule has 248 valence electrons. The van der Waals surface area contributed by atoms with E-state index in [4.69, 9.17) is 0 Å². The van der Waals surface area contributed by atoms with Crippen molar-refractivity contribution >= 4 is 27.5 Å². The maximum absolute atomic E-state index is 15.1. The molecule has 9 heteroatoms. The van der Waals surface area contributed by atoms with Crippen LogP contribution in [-0.2, 0) is 32.6 Å². The number of hydrogen-bond acceptors (Lipinski definition) is 4. The predicted molar refractivity (Wildman–Crippen MR) is 185 cm³/mol. The summed E-state index contributed by atoms with van der Waals surface area (Å²) in [5.41, 5.74) is 3.22. The second-order valence-corrected chi connectivity index (χ2v) is 14.4. The molecule has 2 amide bonds. The number of sulfonamides is 1. The zero-order valence-electron chi connectivity index (χ0n) is 27.7. The lowest BCUT2D eigenvalue weighted by Crippen LogP contribution is -2.53. The molecule has 0 spiro atoms. The Morgan fingerprint density at radius 2 is 1.43 bits per heavy atom. The normalized spacial score (nSPS) is 12.2. The van der Waals surface area contributed by atoms with Gasteiger partial charge in [-0.1, -0.05) is 106 Å². The molecular weight excluding hydrogens is 614 g/mol. The molecule has 0 heterocycles. The molecular formula is C38H44FN3O4S. The van der Waals surface area contributed by atoms with Crippen LogP contribution in [0.5, 0.6) is 0 Å². The van der Waals surface area contributed by atoms with E-state index in [0.29, 0.717) is 12.2 Å². The van der Waals surface area contributed by atoms with Gasteiger partial charge in [-0.05, 0) is 60.2 Å². The standard InChI is InChI=1S/C38H44FN3O4S/c1-27(2)24-40-38(44)36(23-30-11-7-6-8-12-30)41(25-32-13-9-10-14-35(32)39)37(43)26-42(33-19-17-31(18-20-33)28(3)4)47(45,46)34-21-15-29(5)16-22-34/h6-22,27-28,36H,23-26H2,1-5H3,(H,40,44). The van der Waals surface area contributed by atoms with Crippen LogP contribution in [-0.4, -0.2) is 44.3 Å². The summed E-state index contributed by atoms with van der Waals surface area (Å²) < 4.78 is 44.6. The summed E-state index contributed by atoms with van der Waals surface area (Å²) in [4.78, 5) is 29.7. The summed E-state index contributed by atoms with van der Waals surface area (Å²) in [7, 11) is -4.23. The van der Waals surface area contributed by atoms with Crippen molar-refractivity contribution in [3.05, 3.63) is 131 Å². The lowest BCUT2D eigenvalue weighted by molar-refractivity contribution is -0.140. The van der Waals surface area contributed by atoms with Crippen molar-refractivity contribution in [1.82, 2.24) is 10.2 Å². The van der Waals surface area contributed by atoms with Gasteiger partial charge in [-0.2, -0.15) is 0 Å². The van der Waals surface area contributed by atoms with Gasteiger partial charge in [-0.15, -0.1) is 0 Å². The number of hydrogen-bond donors (Lipinski definition) is 1. The summed E-state index contributed by atoms with van der Waals surface area (Å²) in [5, 5.41) is 2.94. The van der Waals surface area contributed by atoms with Crippen LogP contribution in [0.4, 0.5) is 10.1 Å². The zero-order chi connectivity index (χ0) is 34.1. The molecule has 0 bridgehead atoms. The van der Waals surface area contributed by atoms with Crippen LogP contribution in [0, 0.1) is 18.7 Å². The van der Waals surface area contributed by atoms with Crippen molar-refractivity contribution in [3.8, 4) is 0 Å². The molecule has 4 aromatic rings. The van der Waals surface area contributed by atoms with Gasteiger partial charge < -0.3 is 10.2 Å². The third kappa shape index (κ3) is 9.29. The molecule has 4 aromatic carbocycles. The number of benzene rings is 4. The van der Waals surface area contributed by atoms with Crippen molar-refractivity contribution in [2.45, 2.75) is 64.4 Å². The van der Waals surface area contributed by atoms with Crippen LogP contribution in [0.1, 0.15) is 55.9 Å². The van der Waals surface area contributed by atoms with Crippen molar-refractivity contribution in [2.75, 3.05) is 17.4 Å². The van der Waals surface area contributed by atoms with Crippen molar-refractivity contribution in [2.24, 2.45) is 5.92 Å².